The number of carbonyl (C=O) groups is 1. The first-order chi connectivity index (χ1) is 10.6. The van der Waals surface area contributed by atoms with Gasteiger partial charge in [0.25, 0.3) is 0 Å². The van der Waals surface area contributed by atoms with Crippen molar-refractivity contribution in [1.29, 1.82) is 0 Å². The van der Waals surface area contributed by atoms with Crippen LogP contribution >= 0.6 is 35.0 Å². The zero-order chi connectivity index (χ0) is 16.4. The van der Waals surface area contributed by atoms with E-state index in [1.807, 2.05) is 17.0 Å². The summed E-state index contributed by atoms with van der Waals surface area (Å²) in [6.45, 7) is 6.06. The monoisotopic (exact) mass is 361 g/mol. The maximum absolute atomic E-state index is 12.3. The van der Waals surface area contributed by atoms with Crippen LogP contribution in [0.1, 0.15) is 45.1 Å². The molecule has 1 aromatic rings. The molecular formula is C17H25Cl2NOS. The lowest BCUT2D eigenvalue weighted by Crippen LogP contribution is -2.34. The average Bonchev–Trinajstić information content (AvgIpc) is 2.51. The van der Waals surface area contributed by atoms with Crippen LogP contribution in [0.5, 0.6) is 0 Å². The van der Waals surface area contributed by atoms with Crippen LogP contribution in [0.2, 0.25) is 10.0 Å². The molecular weight excluding hydrogens is 337 g/mol. The number of nitrogens with zero attached hydrogens (tertiary/aromatic N) is 1. The summed E-state index contributed by atoms with van der Waals surface area (Å²) in [4.78, 5) is 14.3. The van der Waals surface area contributed by atoms with Crippen molar-refractivity contribution in [3.05, 3.63) is 33.8 Å². The number of unbranched alkanes of at least 4 members (excludes halogenated alkanes) is 2. The van der Waals surface area contributed by atoms with Crippen LogP contribution in [0, 0.1) is 0 Å². The molecule has 0 aliphatic carbocycles. The molecule has 0 bridgehead atoms. The highest BCUT2D eigenvalue weighted by molar-refractivity contribution is 7.99. The van der Waals surface area contributed by atoms with E-state index in [0.29, 0.717) is 15.8 Å². The van der Waals surface area contributed by atoms with Crippen molar-refractivity contribution in [3.8, 4) is 0 Å². The summed E-state index contributed by atoms with van der Waals surface area (Å²) in [6, 6.07) is 5.63. The van der Waals surface area contributed by atoms with E-state index < -0.39 is 0 Å². The van der Waals surface area contributed by atoms with Gasteiger partial charge in [0.2, 0.25) is 5.91 Å². The van der Waals surface area contributed by atoms with Gasteiger partial charge in [-0.3, -0.25) is 4.79 Å². The Morgan fingerprint density at radius 1 is 1.09 bits per heavy atom. The molecule has 22 heavy (non-hydrogen) atoms. The topological polar surface area (TPSA) is 20.3 Å². The molecule has 0 atom stereocenters. The molecule has 2 nitrogen and oxygen atoms in total. The first-order valence-electron chi connectivity index (χ1n) is 7.87. The number of benzene rings is 1. The van der Waals surface area contributed by atoms with Crippen molar-refractivity contribution in [2.45, 2.75) is 45.3 Å². The van der Waals surface area contributed by atoms with Crippen molar-refractivity contribution < 1.29 is 4.79 Å². The van der Waals surface area contributed by atoms with Gasteiger partial charge >= 0.3 is 0 Å². The highest BCUT2D eigenvalue weighted by Gasteiger charge is 2.12. The fourth-order valence-electron chi connectivity index (χ4n) is 2.04. The molecule has 0 heterocycles. The standard InChI is InChI=1S/C17H25Cl2NOS/c1-3-5-9-20(10-6-4-2)17(21)13-22-12-14-7-8-15(18)16(19)11-14/h7-8,11H,3-6,9-10,12-13H2,1-2H3. The molecule has 0 aromatic heterocycles. The number of carbonyl (C=O) groups excluding carboxylic acids is 1. The Bertz CT molecular complexity index is 460. The molecule has 0 saturated carbocycles. The van der Waals surface area contributed by atoms with E-state index >= 15 is 0 Å². The highest BCUT2D eigenvalue weighted by atomic mass is 35.5. The Hall–Kier alpha value is -0.380. The second kappa shape index (κ2) is 11.2. The van der Waals surface area contributed by atoms with Crippen LogP contribution < -0.4 is 0 Å². The maximum atomic E-state index is 12.3. The number of amides is 1. The minimum Gasteiger partial charge on any atom is -0.342 e. The molecule has 0 unspecified atom stereocenters. The zero-order valence-electron chi connectivity index (χ0n) is 13.4. The van der Waals surface area contributed by atoms with Gasteiger partial charge < -0.3 is 4.90 Å². The van der Waals surface area contributed by atoms with Crippen LogP contribution in [0.4, 0.5) is 0 Å². The Balaban J connectivity index is 2.42. The van der Waals surface area contributed by atoms with Gasteiger partial charge in [0.1, 0.15) is 0 Å². The Labute approximate surface area is 148 Å². The summed E-state index contributed by atoms with van der Waals surface area (Å²) in [5.74, 6) is 1.54. The number of halogens is 2. The van der Waals surface area contributed by atoms with E-state index in [9.17, 15) is 4.79 Å². The third-order valence-corrected chi connectivity index (χ3v) is 5.12. The van der Waals surface area contributed by atoms with Gasteiger partial charge in [0.05, 0.1) is 15.8 Å². The molecule has 0 saturated heterocycles. The molecule has 1 aromatic carbocycles. The number of hydrogen-bond donors (Lipinski definition) is 0. The van der Waals surface area contributed by atoms with Crippen LogP contribution in [-0.2, 0) is 10.5 Å². The lowest BCUT2D eigenvalue weighted by atomic mass is 10.2. The molecule has 1 amide bonds. The molecule has 0 spiro atoms. The fraction of sp³-hybridized carbons (Fsp3) is 0.588. The summed E-state index contributed by atoms with van der Waals surface area (Å²) >= 11 is 13.5. The summed E-state index contributed by atoms with van der Waals surface area (Å²) in [7, 11) is 0. The van der Waals surface area contributed by atoms with E-state index in [2.05, 4.69) is 13.8 Å². The molecule has 0 N–H and O–H groups in total. The van der Waals surface area contributed by atoms with Crippen molar-refractivity contribution in [2.24, 2.45) is 0 Å². The Morgan fingerprint density at radius 3 is 2.27 bits per heavy atom. The lowest BCUT2D eigenvalue weighted by molar-refractivity contribution is -0.128. The fourth-order valence-corrected chi connectivity index (χ4v) is 3.23. The van der Waals surface area contributed by atoms with E-state index in [1.165, 1.54) is 0 Å². The van der Waals surface area contributed by atoms with Crippen molar-refractivity contribution in [2.75, 3.05) is 18.8 Å². The highest BCUT2D eigenvalue weighted by Crippen LogP contribution is 2.24. The Morgan fingerprint density at radius 2 is 1.73 bits per heavy atom. The summed E-state index contributed by atoms with van der Waals surface area (Å²) in [5, 5.41) is 1.13. The molecule has 0 fully saturated rings. The summed E-state index contributed by atoms with van der Waals surface area (Å²) in [6.07, 6.45) is 4.39. The predicted molar refractivity (Wildman–Crippen MR) is 99.0 cm³/mol. The summed E-state index contributed by atoms with van der Waals surface area (Å²) < 4.78 is 0. The van der Waals surface area contributed by atoms with Crippen LogP contribution in [-0.4, -0.2) is 29.6 Å². The molecule has 1 rings (SSSR count). The van der Waals surface area contributed by atoms with Gasteiger partial charge in [0, 0.05) is 18.8 Å². The van der Waals surface area contributed by atoms with Gasteiger partial charge in [-0.05, 0) is 30.5 Å². The van der Waals surface area contributed by atoms with Gasteiger partial charge in [-0.25, -0.2) is 0 Å². The van der Waals surface area contributed by atoms with E-state index in [-0.39, 0.29) is 5.91 Å². The molecule has 0 aliphatic rings. The normalized spacial score (nSPS) is 10.7. The van der Waals surface area contributed by atoms with Gasteiger partial charge in [-0.2, -0.15) is 0 Å². The van der Waals surface area contributed by atoms with Crippen molar-refractivity contribution >= 4 is 40.9 Å². The summed E-state index contributed by atoms with van der Waals surface area (Å²) in [5.41, 5.74) is 1.10. The second-order valence-electron chi connectivity index (χ2n) is 5.33. The first kappa shape index (κ1) is 19.7. The number of rotatable bonds is 10. The van der Waals surface area contributed by atoms with Crippen LogP contribution in [0.3, 0.4) is 0 Å². The molecule has 5 heteroatoms. The largest absolute Gasteiger partial charge is 0.342 e. The molecule has 124 valence electrons. The van der Waals surface area contributed by atoms with Crippen LogP contribution in [0.15, 0.2) is 18.2 Å². The smallest absolute Gasteiger partial charge is 0.232 e. The third kappa shape index (κ3) is 7.26. The van der Waals surface area contributed by atoms with E-state index in [4.69, 9.17) is 23.2 Å². The third-order valence-electron chi connectivity index (χ3n) is 3.39. The van der Waals surface area contributed by atoms with E-state index in [0.717, 1.165) is 50.1 Å². The lowest BCUT2D eigenvalue weighted by Gasteiger charge is -2.22. The van der Waals surface area contributed by atoms with Gasteiger partial charge in [-0.1, -0.05) is 56.0 Å². The van der Waals surface area contributed by atoms with Gasteiger partial charge in [-0.15, -0.1) is 11.8 Å². The van der Waals surface area contributed by atoms with Gasteiger partial charge in [0.15, 0.2) is 0 Å². The minimum atomic E-state index is 0.243. The predicted octanol–water partition coefficient (Wildman–Crippen LogP) is 5.66. The van der Waals surface area contributed by atoms with Crippen LogP contribution in [0.25, 0.3) is 0 Å². The zero-order valence-corrected chi connectivity index (χ0v) is 15.7. The molecule has 0 radical (unpaired) electrons. The average molecular weight is 362 g/mol. The SMILES string of the molecule is CCCCN(CCCC)C(=O)CSCc1ccc(Cl)c(Cl)c1. The second-order valence-corrected chi connectivity index (χ2v) is 7.13. The maximum Gasteiger partial charge on any atom is 0.232 e. The number of thioether (sulfide) groups is 1. The van der Waals surface area contributed by atoms with E-state index in [1.54, 1.807) is 17.8 Å². The first-order valence-corrected chi connectivity index (χ1v) is 9.79. The molecule has 0 aliphatic heterocycles. The van der Waals surface area contributed by atoms with Crippen molar-refractivity contribution in [3.63, 3.8) is 0 Å². The minimum absolute atomic E-state index is 0.243. The quantitative estimate of drug-likeness (QED) is 0.536. The Kier molecular flexibility index (Phi) is 10.0. The number of hydrogen-bond acceptors (Lipinski definition) is 2. The van der Waals surface area contributed by atoms with Crippen molar-refractivity contribution in [1.82, 2.24) is 4.90 Å².